The Morgan fingerprint density at radius 3 is 2.90 bits per heavy atom. The average Bonchev–Trinajstić information content (AvgIpc) is 3.04. The second kappa shape index (κ2) is 5.28. The Bertz CT molecular complexity index is 744. The van der Waals surface area contributed by atoms with Crippen LogP contribution >= 0.6 is 0 Å². The minimum absolute atomic E-state index is 0.0960. The Balaban J connectivity index is 1.67. The maximum absolute atomic E-state index is 11.9. The fourth-order valence-electron chi connectivity index (χ4n) is 1.91. The van der Waals surface area contributed by atoms with Crippen LogP contribution in [0.25, 0.3) is 11.1 Å². The van der Waals surface area contributed by atoms with Gasteiger partial charge in [-0.3, -0.25) is 4.79 Å². The fourth-order valence-corrected chi connectivity index (χ4v) is 1.91. The Kier molecular flexibility index (Phi) is 3.31. The van der Waals surface area contributed by atoms with Crippen molar-refractivity contribution in [1.29, 1.82) is 0 Å². The van der Waals surface area contributed by atoms with Gasteiger partial charge in [-0.25, -0.2) is 0 Å². The van der Waals surface area contributed by atoms with Crippen LogP contribution in [0.5, 0.6) is 0 Å². The molecule has 7 nitrogen and oxygen atoms in total. The molecule has 1 amide bonds. The molecule has 2 heterocycles. The lowest BCUT2D eigenvalue weighted by atomic mass is 10.3. The lowest BCUT2D eigenvalue weighted by Crippen LogP contribution is -2.30. The van der Waals surface area contributed by atoms with E-state index in [2.05, 4.69) is 15.5 Å². The number of fused-ring (bicyclic) bond motifs is 1. The van der Waals surface area contributed by atoms with Gasteiger partial charge in [0.2, 0.25) is 5.91 Å². The lowest BCUT2D eigenvalue weighted by Gasteiger charge is -2.12. The van der Waals surface area contributed by atoms with E-state index in [1.807, 2.05) is 24.3 Å². The summed E-state index contributed by atoms with van der Waals surface area (Å²) in [5.74, 6) is 0.800. The van der Waals surface area contributed by atoms with Gasteiger partial charge in [0.05, 0.1) is 0 Å². The van der Waals surface area contributed by atoms with Gasteiger partial charge in [-0.15, -0.1) is 0 Å². The van der Waals surface area contributed by atoms with Crippen molar-refractivity contribution in [3.05, 3.63) is 36.1 Å². The van der Waals surface area contributed by atoms with Crippen LogP contribution in [0.4, 0.5) is 11.8 Å². The highest BCUT2D eigenvalue weighted by atomic mass is 16.5. The number of para-hydroxylation sites is 2. The molecule has 0 saturated heterocycles. The molecule has 0 aliphatic heterocycles. The maximum Gasteiger partial charge on any atom is 0.298 e. The van der Waals surface area contributed by atoms with Gasteiger partial charge < -0.3 is 19.2 Å². The number of carbonyl (C=O) groups excluding carboxylic acids is 1. The molecular weight excluding hydrogens is 272 g/mol. The summed E-state index contributed by atoms with van der Waals surface area (Å²) in [7, 11) is 1.73. The molecule has 0 saturated carbocycles. The first kappa shape index (κ1) is 13.2. The molecule has 0 unspecified atom stereocenters. The van der Waals surface area contributed by atoms with E-state index < -0.39 is 0 Å². The second-order valence-electron chi connectivity index (χ2n) is 4.69. The van der Waals surface area contributed by atoms with Gasteiger partial charge in [-0.05, 0) is 19.1 Å². The van der Waals surface area contributed by atoms with Gasteiger partial charge in [-0.2, -0.15) is 4.98 Å². The molecule has 1 N–H and O–H groups in total. The summed E-state index contributed by atoms with van der Waals surface area (Å²) in [6.07, 6.45) is 0. The molecule has 21 heavy (non-hydrogen) atoms. The molecule has 7 heteroatoms. The standard InChI is InChI=1S/C14H14N4O3/c1-9-7-12(17-21-9)16-13(19)8-18(2)14-15-10-5-3-4-6-11(10)20-14/h3-7H,8H2,1-2H3,(H,16,17,19). The molecule has 108 valence electrons. The first-order valence-electron chi connectivity index (χ1n) is 6.42. The van der Waals surface area contributed by atoms with Crippen LogP contribution in [0.2, 0.25) is 0 Å². The van der Waals surface area contributed by atoms with Crippen LogP contribution in [0.1, 0.15) is 5.76 Å². The minimum atomic E-state index is -0.229. The lowest BCUT2D eigenvalue weighted by molar-refractivity contribution is -0.115. The largest absolute Gasteiger partial charge is 0.423 e. The molecule has 0 aliphatic carbocycles. The summed E-state index contributed by atoms with van der Waals surface area (Å²) in [5.41, 5.74) is 1.44. The Labute approximate surface area is 120 Å². The van der Waals surface area contributed by atoms with Crippen LogP contribution < -0.4 is 10.2 Å². The monoisotopic (exact) mass is 286 g/mol. The van der Waals surface area contributed by atoms with Crippen molar-refractivity contribution >= 4 is 28.8 Å². The highest BCUT2D eigenvalue weighted by molar-refractivity contribution is 5.93. The molecular formula is C14H14N4O3. The van der Waals surface area contributed by atoms with E-state index in [4.69, 9.17) is 8.94 Å². The van der Waals surface area contributed by atoms with Gasteiger partial charge >= 0.3 is 0 Å². The zero-order chi connectivity index (χ0) is 14.8. The van der Waals surface area contributed by atoms with Crippen LogP contribution in [-0.4, -0.2) is 29.6 Å². The highest BCUT2D eigenvalue weighted by Crippen LogP contribution is 2.20. The van der Waals surface area contributed by atoms with E-state index in [0.29, 0.717) is 23.2 Å². The predicted molar refractivity (Wildman–Crippen MR) is 77.1 cm³/mol. The second-order valence-corrected chi connectivity index (χ2v) is 4.69. The van der Waals surface area contributed by atoms with Gasteiger partial charge in [-0.1, -0.05) is 17.3 Å². The highest BCUT2D eigenvalue weighted by Gasteiger charge is 2.14. The number of nitrogens with one attached hydrogen (secondary N) is 1. The zero-order valence-corrected chi connectivity index (χ0v) is 11.7. The molecule has 0 radical (unpaired) electrons. The number of amides is 1. The topological polar surface area (TPSA) is 84.4 Å². The number of oxazole rings is 1. The number of aromatic nitrogens is 2. The number of rotatable bonds is 4. The molecule has 1 aromatic carbocycles. The van der Waals surface area contributed by atoms with E-state index in [1.54, 1.807) is 24.9 Å². The number of carbonyl (C=O) groups is 1. The van der Waals surface area contributed by atoms with E-state index in [9.17, 15) is 4.79 Å². The molecule has 2 aromatic heterocycles. The molecule has 0 aliphatic rings. The number of hydrogen-bond donors (Lipinski definition) is 1. The fraction of sp³-hybridized carbons (Fsp3) is 0.214. The van der Waals surface area contributed by atoms with Crippen molar-refractivity contribution in [1.82, 2.24) is 10.1 Å². The number of hydrogen-bond acceptors (Lipinski definition) is 6. The number of anilines is 2. The molecule has 3 aromatic rings. The van der Waals surface area contributed by atoms with E-state index in [0.717, 1.165) is 5.52 Å². The first-order valence-corrected chi connectivity index (χ1v) is 6.42. The SMILES string of the molecule is Cc1cc(NC(=O)CN(C)c2nc3ccccc3o2)no1. The van der Waals surface area contributed by atoms with E-state index in [-0.39, 0.29) is 12.5 Å². The Morgan fingerprint density at radius 1 is 1.38 bits per heavy atom. The van der Waals surface area contributed by atoms with Crippen molar-refractivity contribution in [2.24, 2.45) is 0 Å². The number of nitrogens with zero attached hydrogens (tertiary/aromatic N) is 3. The predicted octanol–water partition coefficient (Wildman–Crippen LogP) is 2.20. The smallest absolute Gasteiger partial charge is 0.298 e. The van der Waals surface area contributed by atoms with Gasteiger partial charge in [0.1, 0.15) is 17.8 Å². The van der Waals surface area contributed by atoms with E-state index in [1.165, 1.54) is 0 Å². The summed E-state index contributed by atoms with van der Waals surface area (Å²) >= 11 is 0. The third kappa shape index (κ3) is 2.86. The van der Waals surface area contributed by atoms with Gasteiger partial charge in [0.15, 0.2) is 11.4 Å². The summed E-state index contributed by atoms with van der Waals surface area (Å²) in [6, 6.07) is 9.48. The Hall–Kier alpha value is -2.83. The number of likely N-dealkylation sites (N-methyl/N-ethyl adjacent to an activating group) is 1. The molecule has 0 spiro atoms. The van der Waals surface area contributed by atoms with E-state index >= 15 is 0 Å². The van der Waals surface area contributed by atoms with Crippen molar-refractivity contribution in [2.75, 3.05) is 23.8 Å². The summed E-state index contributed by atoms with van der Waals surface area (Å²) < 4.78 is 10.5. The summed E-state index contributed by atoms with van der Waals surface area (Å²) in [4.78, 5) is 17.9. The average molecular weight is 286 g/mol. The van der Waals surface area contributed by atoms with Crippen molar-refractivity contribution < 1.29 is 13.7 Å². The summed E-state index contributed by atoms with van der Waals surface area (Å²) in [5, 5.41) is 6.35. The van der Waals surface area contributed by atoms with Crippen LogP contribution in [-0.2, 0) is 4.79 Å². The third-order valence-corrected chi connectivity index (χ3v) is 2.89. The molecule has 0 fully saturated rings. The zero-order valence-electron chi connectivity index (χ0n) is 11.7. The van der Waals surface area contributed by atoms with Crippen molar-refractivity contribution in [3.8, 4) is 0 Å². The first-order chi connectivity index (χ1) is 10.1. The van der Waals surface area contributed by atoms with Crippen LogP contribution in [0.3, 0.4) is 0 Å². The molecule has 3 rings (SSSR count). The van der Waals surface area contributed by atoms with Gasteiger partial charge in [0, 0.05) is 13.1 Å². The van der Waals surface area contributed by atoms with Gasteiger partial charge in [0.25, 0.3) is 6.01 Å². The number of benzene rings is 1. The van der Waals surface area contributed by atoms with Crippen molar-refractivity contribution in [3.63, 3.8) is 0 Å². The maximum atomic E-state index is 11.9. The molecule has 0 bridgehead atoms. The van der Waals surface area contributed by atoms with Crippen molar-refractivity contribution in [2.45, 2.75) is 6.92 Å². The summed E-state index contributed by atoms with van der Waals surface area (Å²) in [6.45, 7) is 1.85. The minimum Gasteiger partial charge on any atom is -0.423 e. The quantitative estimate of drug-likeness (QED) is 0.791. The third-order valence-electron chi connectivity index (χ3n) is 2.89. The number of aryl methyl sites for hydroxylation is 1. The van der Waals surface area contributed by atoms with Crippen LogP contribution in [0.15, 0.2) is 39.3 Å². The Morgan fingerprint density at radius 2 is 2.19 bits per heavy atom. The molecule has 0 atom stereocenters. The van der Waals surface area contributed by atoms with Crippen LogP contribution in [0, 0.1) is 6.92 Å². The normalized spacial score (nSPS) is 10.8.